The van der Waals surface area contributed by atoms with Crippen LogP contribution in [0.3, 0.4) is 0 Å². The monoisotopic (exact) mass is 377 g/mol. The van der Waals surface area contributed by atoms with Crippen molar-refractivity contribution in [2.45, 2.75) is 31.2 Å². The minimum atomic E-state index is -0.531. The molecule has 2 aliphatic heterocycles. The van der Waals surface area contributed by atoms with E-state index in [-0.39, 0.29) is 11.8 Å². The molecule has 5 heteroatoms. The van der Waals surface area contributed by atoms with Gasteiger partial charge in [-0.15, -0.1) is 0 Å². The first-order chi connectivity index (χ1) is 13.5. The van der Waals surface area contributed by atoms with Gasteiger partial charge in [0.05, 0.1) is 0 Å². The zero-order valence-electron chi connectivity index (χ0n) is 16.5. The summed E-state index contributed by atoms with van der Waals surface area (Å²) in [7, 11) is 3.91. The van der Waals surface area contributed by atoms with Gasteiger partial charge in [-0.2, -0.15) is 0 Å². The highest BCUT2D eigenvalue weighted by atomic mass is 16.2. The van der Waals surface area contributed by atoms with Crippen LogP contribution in [0.2, 0.25) is 0 Å². The van der Waals surface area contributed by atoms with Crippen LogP contribution in [0.5, 0.6) is 0 Å². The molecule has 5 nitrogen and oxygen atoms in total. The van der Waals surface area contributed by atoms with Crippen molar-refractivity contribution < 1.29 is 9.59 Å². The number of rotatable bonds is 3. The molecule has 0 aliphatic carbocycles. The van der Waals surface area contributed by atoms with Gasteiger partial charge in [-0.3, -0.25) is 9.59 Å². The first-order valence-electron chi connectivity index (χ1n) is 9.98. The minimum Gasteiger partial charge on any atom is -0.340 e. The fraction of sp³-hybridized carbons (Fsp3) is 0.391. The molecule has 0 spiro atoms. The van der Waals surface area contributed by atoms with Crippen molar-refractivity contribution in [3.8, 4) is 0 Å². The Balaban J connectivity index is 1.50. The maximum atomic E-state index is 12.9. The van der Waals surface area contributed by atoms with Crippen LogP contribution in [0.4, 0.5) is 5.69 Å². The zero-order valence-corrected chi connectivity index (χ0v) is 16.5. The molecule has 0 aromatic heterocycles. The van der Waals surface area contributed by atoms with Crippen LogP contribution in [-0.4, -0.2) is 49.9 Å². The van der Waals surface area contributed by atoms with Gasteiger partial charge in [-0.05, 0) is 61.7 Å². The van der Waals surface area contributed by atoms with E-state index in [0.29, 0.717) is 17.9 Å². The molecule has 28 heavy (non-hydrogen) atoms. The number of piperidine rings is 1. The molecule has 2 atom stereocenters. The molecule has 2 aromatic carbocycles. The number of nitrogens with zero attached hydrogens (tertiary/aromatic N) is 2. The van der Waals surface area contributed by atoms with Crippen molar-refractivity contribution in [2.75, 3.05) is 32.1 Å². The number of amides is 2. The number of hydrogen-bond acceptors (Lipinski definition) is 3. The van der Waals surface area contributed by atoms with E-state index in [1.807, 2.05) is 42.5 Å². The van der Waals surface area contributed by atoms with Gasteiger partial charge in [0.1, 0.15) is 6.04 Å². The van der Waals surface area contributed by atoms with E-state index >= 15 is 0 Å². The largest absolute Gasteiger partial charge is 0.340 e. The molecule has 4 rings (SSSR count). The van der Waals surface area contributed by atoms with E-state index in [4.69, 9.17) is 0 Å². The fourth-order valence-electron chi connectivity index (χ4n) is 4.40. The maximum absolute atomic E-state index is 12.9. The molecule has 1 fully saturated rings. The van der Waals surface area contributed by atoms with Crippen LogP contribution in [0.25, 0.3) is 0 Å². The van der Waals surface area contributed by atoms with E-state index in [1.54, 1.807) is 11.9 Å². The van der Waals surface area contributed by atoms with E-state index in [0.717, 1.165) is 30.8 Å². The summed E-state index contributed by atoms with van der Waals surface area (Å²) in [5, 5.41) is 2.95. The zero-order chi connectivity index (χ0) is 19.7. The lowest BCUT2D eigenvalue weighted by Gasteiger charge is -2.32. The lowest BCUT2D eigenvalue weighted by molar-refractivity contribution is -0.120. The van der Waals surface area contributed by atoms with Gasteiger partial charge in [-0.1, -0.05) is 30.3 Å². The number of nitrogens with one attached hydrogen (secondary N) is 1. The highest BCUT2D eigenvalue weighted by molar-refractivity contribution is 6.04. The van der Waals surface area contributed by atoms with E-state index in [2.05, 4.69) is 23.3 Å². The van der Waals surface area contributed by atoms with Crippen LogP contribution < -0.4 is 10.2 Å². The first-order valence-corrected chi connectivity index (χ1v) is 9.98. The van der Waals surface area contributed by atoms with Gasteiger partial charge in [0.15, 0.2) is 0 Å². The lowest BCUT2D eigenvalue weighted by Crippen LogP contribution is -2.51. The van der Waals surface area contributed by atoms with Gasteiger partial charge < -0.3 is 15.1 Å². The minimum absolute atomic E-state index is 0.0721. The Kier molecular flexibility index (Phi) is 5.18. The van der Waals surface area contributed by atoms with Crippen molar-refractivity contribution in [3.63, 3.8) is 0 Å². The van der Waals surface area contributed by atoms with Gasteiger partial charge in [0.2, 0.25) is 5.91 Å². The van der Waals surface area contributed by atoms with Crippen molar-refractivity contribution >= 4 is 17.5 Å². The molecule has 0 radical (unpaired) electrons. The average molecular weight is 377 g/mol. The third kappa shape index (κ3) is 3.67. The Morgan fingerprint density at radius 1 is 1.11 bits per heavy atom. The molecular formula is C23H27N3O2. The predicted octanol–water partition coefficient (Wildman–Crippen LogP) is 2.81. The quantitative estimate of drug-likeness (QED) is 0.895. The van der Waals surface area contributed by atoms with Crippen LogP contribution in [0.1, 0.15) is 40.2 Å². The van der Waals surface area contributed by atoms with Crippen molar-refractivity contribution in [2.24, 2.45) is 0 Å². The maximum Gasteiger partial charge on any atom is 0.251 e. The summed E-state index contributed by atoms with van der Waals surface area (Å²) in [6.07, 6.45) is 2.86. The highest BCUT2D eigenvalue weighted by Crippen LogP contribution is 2.28. The number of benzene rings is 2. The third-order valence-corrected chi connectivity index (χ3v) is 5.96. The van der Waals surface area contributed by atoms with Crippen LogP contribution in [0.15, 0.2) is 48.5 Å². The van der Waals surface area contributed by atoms with Crippen molar-refractivity contribution in [1.82, 2.24) is 10.2 Å². The SMILES string of the molecule is CN1CCCC(c2cccc(C(=O)NC3Cc4ccccc4N(C)C3=O)c2)C1. The second-order valence-electron chi connectivity index (χ2n) is 7.98. The highest BCUT2D eigenvalue weighted by Gasteiger charge is 2.31. The molecule has 2 amide bonds. The summed E-state index contributed by atoms with van der Waals surface area (Å²) < 4.78 is 0. The normalized spacial score (nSPS) is 22.6. The molecule has 1 saturated heterocycles. The summed E-state index contributed by atoms with van der Waals surface area (Å²) in [5.41, 5.74) is 3.83. The van der Waals surface area contributed by atoms with E-state index in [9.17, 15) is 9.59 Å². The smallest absolute Gasteiger partial charge is 0.251 e. The summed E-state index contributed by atoms with van der Waals surface area (Å²) >= 11 is 0. The molecule has 2 aromatic rings. The molecule has 2 aliphatic rings. The second kappa shape index (κ2) is 7.76. The topological polar surface area (TPSA) is 52.7 Å². The predicted molar refractivity (Wildman–Crippen MR) is 111 cm³/mol. The molecule has 146 valence electrons. The first kappa shape index (κ1) is 18.7. The van der Waals surface area contributed by atoms with Gasteiger partial charge in [0.25, 0.3) is 5.91 Å². The number of carbonyl (C=O) groups excluding carboxylic acids is 2. The summed E-state index contributed by atoms with van der Waals surface area (Å²) in [4.78, 5) is 29.6. The number of para-hydroxylation sites is 1. The van der Waals surface area contributed by atoms with E-state index in [1.165, 1.54) is 12.0 Å². The Morgan fingerprint density at radius 2 is 1.93 bits per heavy atom. The second-order valence-corrected chi connectivity index (χ2v) is 7.98. The number of likely N-dealkylation sites (tertiary alicyclic amines) is 1. The van der Waals surface area contributed by atoms with Crippen molar-refractivity contribution in [3.05, 3.63) is 65.2 Å². The fourth-order valence-corrected chi connectivity index (χ4v) is 4.40. The molecular weight excluding hydrogens is 350 g/mol. The number of likely N-dealkylation sites (N-methyl/N-ethyl adjacent to an activating group) is 2. The molecule has 2 heterocycles. The van der Waals surface area contributed by atoms with Crippen LogP contribution in [0, 0.1) is 0 Å². The van der Waals surface area contributed by atoms with Gasteiger partial charge in [0, 0.05) is 31.3 Å². The Morgan fingerprint density at radius 3 is 2.75 bits per heavy atom. The summed E-state index contributed by atoms with van der Waals surface area (Å²) in [6.45, 7) is 2.16. The van der Waals surface area contributed by atoms with Crippen LogP contribution in [-0.2, 0) is 11.2 Å². The summed E-state index contributed by atoms with van der Waals surface area (Å²) in [6, 6.07) is 15.2. The molecule has 0 saturated carbocycles. The Bertz CT molecular complexity index is 895. The molecule has 2 unspecified atom stereocenters. The van der Waals surface area contributed by atoms with Gasteiger partial charge in [-0.25, -0.2) is 0 Å². The number of anilines is 1. The van der Waals surface area contributed by atoms with Gasteiger partial charge >= 0.3 is 0 Å². The standard InChI is InChI=1S/C23H27N3O2/c1-25-12-6-10-19(15-25)16-8-5-9-18(13-16)22(27)24-20-14-17-7-3-4-11-21(17)26(2)23(20)28/h3-5,7-9,11,13,19-20H,6,10,12,14-15H2,1-2H3,(H,24,27). The average Bonchev–Trinajstić information content (AvgIpc) is 2.72. The Labute approximate surface area is 166 Å². The molecule has 1 N–H and O–H groups in total. The number of carbonyl (C=O) groups is 2. The van der Waals surface area contributed by atoms with Crippen LogP contribution >= 0.6 is 0 Å². The number of hydrogen-bond donors (Lipinski definition) is 1. The third-order valence-electron chi connectivity index (χ3n) is 5.96. The number of fused-ring (bicyclic) bond motifs is 1. The Hall–Kier alpha value is -2.66. The van der Waals surface area contributed by atoms with Crippen molar-refractivity contribution in [1.29, 1.82) is 0 Å². The van der Waals surface area contributed by atoms with E-state index < -0.39 is 6.04 Å². The lowest BCUT2D eigenvalue weighted by atomic mass is 9.90. The molecule has 0 bridgehead atoms. The summed E-state index contributed by atoms with van der Waals surface area (Å²) in [5.74, 6) is 0.204.